The van der Waals surface area contributed by atoms with Crippen LogP contribution in [0.3, 0.4) is 0 Å². The standard InChI is InChI=1S/C15H20O3S/c1-12(16)19-10-6-5-9-14(15(17)18)11-13-7-3-2-4-8-13/h2-4,7-8,14H,5-6,9-11H2,1H3,(H,17,18). The summed E-state index contributed by atoms with van der Waals surface area (Å²) in [5.74, 6) is -0.277. The quantitative estimate of drug-likeness (QED) is 0.742. The van der Waals surface area contributed by atoms with E-state index in [9.17, 15) is 14.7 Å². The number of unbranched alkanes of at least 4 members (excludes halogenated alkanes) is 1. The third kappa shape index (κ3) is 7.01. The van der Waals surface area contributed by atoms with Gasteiger partial charge in [0, 0.05) is 12.7 Å². The van der Waals surface area contributed by atoms with E-state index < -0.39 is 5.97 Å². The minimum absolute atomic E-state index is 0.124. The Morgan fingerprint density at radius 1 is 1.21 bits per heavy atom. The molecule has 1 rings (SSSR count). The maximum absolute atomic E-state index is 11.2. The lowest BCUT2D eigenvalue weighted by molar-refractivity contribution is -0.142. The van der Waals surface area contributed by atoms with E-state index >= 15 is 0 Å². The molecular weight excluding hydrogens is 260 g/mol. The molecule has 1 aromatic carbocycles. The maximum atomic E-state index is 11.2. The van der Waals surface area contributed by atoms with Crippen molar-refractivity contribution in [1.29, 1.82) is 0 Å². The first kappa shape index (κ1) is 15.8. The van der Waals surface area contributed by atoms with Gasteiger partial charge in [0.1, 0.15) is 0 Å². The lowest BCUT2D eigenvalue weighted by atomic mass is 9.94. The van der Waals surface area contributed by atoms with Gasteiger partial charge in [0.25, 0.3) is 0 Å². The molecule has 0 heterocycles. The summed E-state index contributed by atoms with van der Waals surface area (Å²) in [7, 11) is 0. The summed E-state index contributed by atoms with van der Waals surface area (Å²) in [5, 5.41) is 9.34. The summed E-state index contributed by atoms with van der Waals surface area (Å²) >= 11 is 1.31. The fraction of sp³-hybridized carbons (Fsp3) is 0.467. The van der Waals surface area contributed by atoms with Crippen LogP contribution in [0.25, 0.3) is 0 Å². The van der Waals surface area contributed by atoms with Crippen LogP contribution < -0.4 is 0 Å². The molecule has 4 heteroatoms. The Morgan fingerprint density at radius 3 is 2.47 bits per heavy atom. The number of carbonyl (C=O) groups is 2. The van der Waals surface area contributed by atoms with Gasteiger partial charge in [-0.1, -0.05) is 48.5 Å². The van der Waals surface area contributed by atoms with Crippen LogP contribution in [0.15, 0.2) is 30.3 Å². The SMILES string of the molecule is CC(=O)SCCCCC(Cc1ccccc1)C(=O)O. The topological polar surface area (TPSA) is 54.4 Å². The smallest absolute Gasteiger partial charge is 0.306 e. The highest BCUT2D eigenvalue weighted by atomic mass is 32.2. The predicted molar refractivity (Wildman–Crippen MR) is 78.3 cm³/mol. The second-order valence-corrected chi connectivity index (χ2v) is 5.83. The molecule has 0 aliphatic heterocycles. The first-order valence-corrected chi connectivity index (χ1v) is 7.48. The van der Waals surface area contributed by atoms with Crippen LogP contribution in [0, 0.1) is 5.92 Å². The number of benzene rings is 1. The van der Waals surface area contributed by atoms with Gasteiger partial charge in [-0.3, -0.25) is 9.59 Å². The highest BCUT2D eigenvalue weighted by Gasteiger charge is 2.17. The number of rotatable bonds is 8. The van der Waals surface area contributed by atoms with E-state index in [4.69, 9.17) is 0 Å². The van der Waals surface area contributed by atoms with Crippen LogP contribution in [-0.2, 0) is 16.0 Å². The summed E-state index contributed by atoms with van der Waals surface area (Å²) in [6.07, 6.45) is 2.99. The minimum atomic E-state index is -0.733. The normalized spacial score (nSPS) is 12.1. The summed E-state index contributed by atoms with van der Waals surface area (Å²) < 4.78 is 0. The van der Waals surface area contributed by atoms with Crippen LogP contribution >= 0.6 is 11.8 Å². The molecule has 0 aliphatic rings. The lowest BCUT2D eigenvalue weighted by Crippen LogP contribution is -2.16. The van der Waals surface area contributed by atoms with E-state index in [1.807, 2.05) is 30.3 Å². The second-order valence-electron chi connectivity index (χ2n) is 4.56. The number of hydrogen-bond donors (Lipinski definition) is 1. The molecule has 1 N–H and O–H groups in total. The van der Waals surface area contributed by atoms with Crippen LogP contribution in [-0.4, -0.2) is 21.9 Å². The number of aliphatic carboxylic acids is 1. The third-order valence-electron chi connectivity index (χ3n) is 2.93. The molecule has 1 aromatic rings. The van der Waals surface area contributed by atoms with Crippen LogP contribution in [0.1, 0.15) is 31.7 Å². The van der Waals surface area contributed by atoms with Crippen molar-refractivity contribution in [1.82, 2.24) is 0 Å². The van der Waals surface area contributed by atoms with Crippen molar-refractivity contribution < 1.29 is 14.7 Å². The molecule has 19 heavy (non-hydrogen) atoms. The van der Waals surface area contributed by atoms with Crippen molar-refractivity contribution >= 4 is 22.8 Å². The molecule has 1 atom stereocenters. The fourth-order valence-corrected chi connectivity index (χ4v) is 2.56. The van der Waals surface area contributed by atoms with E-state index in [2.05, 4.69) is 0 Å². The lowest BCUT2D eigenvalue weighted by Gasteiger charge is -2.12. The molecule has 0 bridgehead atoms. The van der Waals surface area contributed by atoms with Gasteiger partial charge in [-0.2, -0.15) is 0 Å². The molecule has 0 aliphatic carbocycles. The van der Waals surface area contributed by atoms with Gasteiger partial charge in [-0.15, -0.1) is 0 Å². The fourth-order valence-electron chi connectivity index (χ4n) is 1.92. The first-order chi connectivity index (χ1) is 9.09. The molecule has 1 unspecified atom stereocenters. The van der Waals surface area contributed by atoms with E-state index in [1.165, 1.54) is 11.8 Å². The summed E-state index contributed by atoms with van der Waals surface area (Å²) in [5.41, 5.74) is 1.06. The van der Waals surface area contributed by atoms with Gasteiger partial charge in [0.2, 0.25) is 0 Å². The summed E-state index contributed by atoms with van der Waals surface area (Å²) in [6, 6.07) is 9.71. The van der Waals surface area contributed by atoms with Crippen molar-refractivity contribution in [3.63, 3.8) is 0 Å². The molecular formula is C15H20O3S. The summed E-state index contributed by atoms with van der Waals surface area (Å²) in [4.78, 5) is 22.0. The molecule has 0 saturated carbocycles. The largest absolute Gasteiger partial charge is 0.481 e. The van der Waals surface area contributed by atoms with Crippen molar-refractivity contribution in [2.24, 2.45) is 5.92 Å². The third-order valence-corrected chi connectivity index (χ3v) is 3.83. The Balaban J connectivity index is 2.33. The monoisotopic (exact) mass is 280 g/mol. The Hall–Kier alpha value is -1.29. The van der Waals surface area contributed by atoms with Crippen LogP contribution in [0.4, 0.5) is 0 Å². The van der Waals surface area contributed by atoms with Gasteiger partial charge < -0.3 is 5.11 Å². The highest BCUT2D eigenvalue weighted by Crippen LogP contribution is 2.17. The second kappa shape index (κ2) is 8.75. The van der Waals surface area contributed by atoms with Crippen LogP contribution in [0.2, 0.25) is 0 Å². The van der Waals surface area contributed by atoms with Gasteiger partial charge in [-0.05, 0) is 24.8 Å². The van der Waals surface area contributed by atoms with E-state index in [-0.39, 0.29) is 11.0 Å². The molecule has 0 saturated heterocycles. The van der Waals surface area contributed by atoms with E-state index in [0.29, 0.717) is 12.8 Å². The van der Waals surface area contributed by atoms with Crippen LogP contribution in [0.5, 0.6) is 0 Å². The van der Waals surface area contributed by atoms with E-state index in [1.54, 1.807) is 6.92 Å². The number of thioether (sulfide) groups is 1. The van der Waals surface area contributed by atoms with E-state index in [0.717, 1.165) is 24.2 Å². The van der Waals surface area contributed by atoms with Gasteiger partial charge in [-0.25, -0.2) is 0 Å². The van der Waals surface area contributed by atoms with Gasteiger partial charge in [0.05, 0.1) is 5.92 Å². The zero-order chi connectivity index (χ0) is 14.1. The Morgan fingerprint density at radius 2 is 1.89 bits per heavy atom. The molecule has 104 valence electrons. The number of carbonyl (C=O) groups excluding carboxylic acids is 1. The summed E-state index contributed by atoms with van der Waals surface area (Å²) in [6.45, 7) is 1.56. The van der Waals surface area contributed by atoms with Gasteiger partial charge >= 0.3 is 5.97 Å². The molecule has 0 radical (unpaired) electrons. The van der Waals surface area contributed by atoms with Crippen molar-refractivity contribution in [3.8, 4) is 0 Å². The van der Waals surface area contributed by atoms with Crippen molar-refractivity contribution in [2.75, 3.05) is 5.75 Å². The van der Waals surface area contributed by atoms with Gasteiger partial charge in [0.15, 0.2) is 5.12 Å². The highest BCUT2D eigenvalue weighted by molar-refractivity contribution is 8.13. The molecule has 0 spiro atoms. The van der Waals surface area contributed by atoms with Crippen molar-refractivity contribution in [2.45, 2.75) is 32.6 Å². The number of carboxylic acid groups (broad SMARTS) is 1. The minimum Gasteiger partial charge on any atom is -0.481 e. The average molecular weight is 280 g/mol. The number of hydrogen-bond acceptors (Lipinski definition) is 3. The average Bonchev–Trinajstić information content (AvgIpc) is 2.37. The predicted octanol–water partition coefficient (Wildman–Crippen LogP) is 3.38. The molecule has 0 fully saturated rings. The molecule has 0 amide bonds. The zero-order valence-corrected chi connectivity index (χ0v) is 12.0. The van der Waals surface area contributed by atoms with Crippen molar-refractivity contribution in [3.05, 3.63) is 35.9 Å². The Labute approximate surface area is 118 Å². The zero-order valence-electron chi connectivity index (χ0n) is 11.2. The Bertz CT molecular complexity index is 403. The maximum Gasteiger partial charge on any atom is 0.306 e. The Kier molecular flexibility index (Phi) is 7.26. The molecule has 3 nitrogen and oxygen atoms in total. The number of carboxylic acids is 1. The first-order valence-electron chi connectivity index (χ1n) is 6.49. The molecule has 0 aromatic heterocycles.